The van der Waals surface area contributed by atoms with Gasteiger partial charge >= 0.3 is 0 Å². The van der Waals surface area contributed by atoms with Crippen molar-refractivity contribution in [3.8, 4) is 0 Å². The molecule has 1 nitrogen and oxygen atoms in total. The smallest absolute Gasteiger partial charge is 0.179 e. The van der Waals surface area contributed by atoms with Gasteiger partial charge in [0.2, 0.25) is 0 Å². The minimum absolute atomic E-state index is 0.0439. The molecule has 0 N–H and O–H groups in total. The molecule has 1 aromatic heterocycles. The third kappa shape index (κ3) is 4.96. The summed E-state index contributed by atoms with van der Waals surface area (Å²) in [4.78, 5) is 0. The summed E-state index contributed by atoms with van der Waals surface area (Å²) >= 11 is 0. The maximum absolute atomic E-state index is 10.5. The largest absolute Gasteiger partial charge is 0.344 e. The molecule has 0 amide bonds. The van der Waals surface area contributed by atoms with Crippen molar-refractivity contribution in [2.45, 2.75) is 0 Å². The van der Waals surface area contributed by atoms with E-state index in [0.717, 1.165) is 31.1 Å². The van der Waals surface area contributed by atoms with E-state index < -0.39 is 16.1 Å². The summed E-state index contributed by atoms with van der Waals surface area (Å²) in [5, 5.41) is 7.48. The van der Waals surface area contributed by atoms with Crippen LogP contribution in [0.1, 0.15) is 8.22 Å². The van der Waals surface area contributed by atoms with Crippen LogP contribution in [-0.2, 0) is 7.05 Å². The first kappa shape index (κ1) is 25.9. The molecule has 0 saturated carbocycles. The van der Waals surface area contributed by atoms with Gasteiger partial charge in [-0.1, -0.05) is 206 Å². The lowest BCUT2D eigenvalue weighted by Gasteiger charge is -2.34. The van der Waals surface area contributed by atoms with Crippen molar-refractivity contribution in [1.82, 2.24) is 4.57 Å². The van der Waals surface area contributed by atoms with Gasteiger partial charge in [0.25, 0.3) is 0 Å². The normalized spacial score (nSPS) is 13.6. The topological polar surface area (TPSA) is 4.93 Å². The summed E-state index contributed by atoms with van der Waals surface area (Å²) in [6, 6.07) is 60.5. The van der Waals surface area contributed by atoms with Crippen LogP contribution in [0.25, 0.3) is 21.8 Å². The van der Waals surface area contributed by atoms with Crippen molar-refractivity contribution in [3.05, 3.63) is 218 Å². The Morgan fingerprint density at radius 3 is 0.788 bits per heavy atom. The summed E-state index contributed by atoms with van der Waals surface area (Å²) < 4.78 is 62.0. The third-order valence-corrected chi connectivity index (χ3v) is 19.7. The Bertz CT molecular complexity index is 2550. The van der Waals surface area contributed by atoms with E-state index in [1.807, 2.05) is 109 Å². The first-order valence-electron chi connectivity index (χ1n) is 20.6. The fourth-order valence-electron chi connectivity index (χ4n) is 8.15. The quantitative estimate of drug-likeness (QED) is 0.134. The maximum atomic E-state index is 10.5. The van der Waals surface area contributed by atoms with Gasteiger partial charge in [-0.15, -0.1) is 0 Å². The number of hydrogen-bond acceptors (Lipinski definition) is 0. The molecule has 9 rings (SSSR count). The van der Waals surface area contributed by atoms with E-state index in [-0.39, 0.29) is 36.3 Å². The Morgan fingerprint density at radius 2 is 0.558 bits per heavy atom. The van der Waals surface area contributed by atoms with Crippen LogP contribution >= 0.6 is 0 Å². The van der Waals surface area contributed by atoms with Crippen LogP contribution in [0.2, 0.25) is 0 Å². The average Bonchev–Trinajstić information content (AvgIpc) is 3.60. The molecule has 248 valence electrons. The summed E-state index contributed by atoms with van der Waals surface area (Å²) in [5.74, 6) is 0. The van der Waals surface area contributed by atoms with Gasteiger partial charge in [0, 0.05) is 28.9 Å². The fraction of sp³-hybridized carbons (Fsp3) is 0.0204. The predicted octanol–water partition coefficient (Wildman–Crippen LogP) is 6.09. The molecule has 1 heterocycles. The zero-order chi connectivity index (χ0) is 40.2. The highest BCUT2D eigenvalue weighted by atomic mass is 28.3. The SMILES string of the molecule is [2H]c1c([Si](c2ccccc2)(c2ccccc2)c2ccccc2)c([2H])c2c3c([2H])c([Si](c4ccccc4)(c4ccccc4)c4ccccc4)c([2H])c([2H])c3n(C)c2c1[2H]. The van der Waals surface area contributed by atoms with E-state index in [1.54, 1.807) is 11.6 Å². The van der Waals surface area contributed by atoms with Crippen LogP contribution in [0, 0.1) is 0 Å². The number of benzene rings is 8. The van der Waals surface area contributed by atoms with Crippen LogP contribution in [0.15, 0.2) is 218 Å². The highest BCUT2D eigenvalue weighted by Crippen LogP contribution is 2.28. The van der Waals surface area contributed by atoms with E-state index in [4.69, 9.17) is 0 Å². The van der Waals surface area contributed by atoms with E-state index in [0.29, 0.717) is 32.2 Å². The Hall–Kier alpha value is -6.01. The number of aromatic nitrogens is 1. The number of aryl methyl sites for hydroxylation is 1. The van der Waals surface area contributed by atoms with E-state index in [1.165, 1.54) is 0 Å². The lowest BCUT2D eigenvalue weighted by molar-refractivity contribution is 1.01. The Balaban J connectivity index is 1.52. The van der Waals surface area contributed by atoms with Crippen LogP contribution in [0.3, 0.4) is 0 Å². The van der Waals surface area contributed by atoms with Gasteiger partial charge in [0.1, 0.15) is 0 Å². The van der Waals surface area contributed by atoms with Gasteiger partial charge in [-0.3, -0.25) is 0 Å². The molecule has 9 aromatic rings. The second kappa shape index (κ2) is 13.3. The lowest BCUT2D eigenvalue weighted by Crippen LogP contribution is -2.74. The number of rotatable bonds is 8. The van der Waals surface area contributed by atoms with Crippen LogP contribution in [0.4, 0.5) is 0 Å². The Labute approximate surface area is 316 Å². The van der Waals surface area contributed by atoms with Gasteiger partial charge in [-0.25, -0.2) is 0 Å². The van der Waals surface area contributed by atoms with Crippen molar-refractivity contribution in [2.24, 2.45) is 7.05 Å². The van der Waals surface area contributed by atoms with Crippen molar-refractivity contribution in [2.75, 3.05) is 0 Å². The molecule has 8 aromatic carbocycles. The second-order valence-corrected chi connectivity index (χ2v) is 20.7. The fourth-order valence-corrected chi connectivity index (χ4v) is 17.2. The number of hydrogen-bond donors (Lipinski definition) is 0. The van der Waals surface area contributed by atoms with Crippen molar-refractivity contribution in [1.29, 1.82) is 0 Å². The van der Waals surface area contributed by atoms with Gasteiger partial charge in [0.15, 0.2) is 16.1 Å². The molecule has 0 aliphatic heterocycles. The molecule has 0 fully saturated rings. The highest BCUT2D eigenvalue weighted by molar-refractivity contribution is 7.20. The summed E-state index contributed by atoms with van der Waals surface area (Å²) in [5.41, 5.74) is 0.631. The predicted molar refractivity (Wildman–Crippen MR) is 228 cm³/mol. The molecule has 0 radical (unpaired) electrons. The van der Waals surface area contributed by atoms with Gasteiger partial charge in [0.05, 0.1) is 8.22 Å². The van der Waals surface area contributed by atoms with Crippen LogP contribution < -0.4 is 41.5 Å². The van der Waals surface area contributed by atoms with E-state index in [9.17, 15) is 8.22 Å². The molecule has 0 aliphatic rings. The molecule has 0 atom stereocenters. The number of nitrogens with zero attached hydrogens (tertiary/aromatic N) is 1. The van der Waals surface area contributed by atoms with E-state index in [2.05, 4.69) is 72.8 Å². The zero-order valence-corrected chi connectivity index (χ0v) is 30.8. The molecule has 0 spiro atoms. The Kier molecular flexibility index (Phi) is 6.60. The van der Waals surface area contributed by atoms with Gasteiger partial charge in [-0.05, 0) is 53.6 Å². The van der Waals surface area contributed by atoms with Crippen molar-refractivity contribution in [3.63, 3.8) is 0 Å². The van der Waals surface area contributed by atoms with Gasteiger partial charge in [-0.2, -0.15) is 0 Å². The Morgan fingerprint density at radius 1 is 0.327 bits per heavy atom. The maximum Gasteiger partial charge on any atom is 0.179 e. The molecule has 3 heteroatoms. The summed E-state index contributed by atoms with van der Waals surface area (Å²) in [6.45, 7) is 0. The molecule has 0 bridgehead atoms. The standard InChI is InChI=1S/C49H39NSi2/c1-50-48-34-32-44(51(38-20-8-2-9-21-38,39-22-10-3-11-23-39)40-24-12-4-13-25-40)36-46(48)47-37-45(33-35-49(47)50)52(41-26-14-5-15-27-41,42-28-16-6-17-29-42)43-30-18-7-19-31-43/h2-37H,1H3/i32D,33D,34D,35D,36D,37D. The molecule has 0 unspecified atom stereocenters. The van der Waals surface area contributed by atoms with Crippen molar-refractivity contribution < 1.29 is 8.22 Å². The second-order valence-electron chi connectivity index (χ2n) is 13.2. The van der Waals surface area contributed by atoms with E-state index >= 15 is 0 Å². The molecule has 0 aliphatic carbocycles. The average molecular weight is 704 g/mol. The molecule has 0 saturated heterocycles. The van der Waals surface area contributed by atoms with Crippen LogP contribution in [0.5, 0.6) is 0 Å². The minimum atomic E-state index is -3.51. The number of fused-ring (bicyclic) bond motifs is 3. The van der Waals surface area contributed by atoms with Crippen molar-refractivity contribution >= 4 is 79.4 Å². The summed E-state index contributed by atoms with van der Waals surface area (Å²) in [6.07, 6.45) is 0. The lowest BCUT2D eigenvalue weighted by atomic mass is 10.1. The zero-order valence-electron chi connectivity index (χ0n) is 34.8. The molecule has 52 heavy (non-hydrogen) atoms. The first-order valence-corrected chi connectivity index (χ1v) is 21.6. The molecular weight excluding hydrogens is 659 g/mol. The third-order valence-electron chi connectivity index (χ3n) is 10.5. The highest BCUT2D eigenvalue weighted by Gasteiger charge is 2.43. The van der Waals surface area contributed by atoms with Gasteiger partial charge < -0.3 is 4.57 Å². The minimum Gasteiger partial charge on any atom is -0.344 e. The van der Waals surface area contributed by atoms with Crippen LogP contribution in [-0.4, -0.2) is 20.7 Å². The summed E-state index contributed by atoms with van der Waals surface area (Å²) in [7, 11) is -5.27. The molecular formula is C49H39NSi2. The monoisotopic (exact) mass is 703 g/mol. The first-order chi connectivity index (χ1) is 28.2.